The van der Waals surface area contributed by atoms with Crippen molar-refractivity contribution in [1.29, 1.82) is 0 Å². The van der Waals surface area contributed by atoms with Crippen molar-refractivity contribution in [3.63, 3.8) is 0 Å². The van der Waals surface area contributed by atoms with Crippen LogP contribution in [0.15, 0.2) is 24.3 Å². The molecule has 0 spiro atoms. The number of benzene rings is 1. The Labute approximate surface area is 152 Å². The summed E-state index contributed by atoms with van der Waals surface area (Å²) >= 11 is 1.50. The number of thiophene rings is 1. The number of aryl methyl sites for hydroxylation is 4. The molecule has 0 atom stereocenters. The van der Waals surface area contributed by atoms with Crippen LogP contribution in [0, 0.1) is 6.92 Å². The van der Waals surface area contributed by atoms with Gasteiger partial charge in [0.05, 0.1) is 0 Å². The first-order valence-corrected chi connectivity index (χ1v) is 9.57. The van der Waals surface area contributed by atoms with E-state index in [2.05, 4.69) is 5.32 Å². The number of fused-ring (bicyclic) bond motifs is 1. The largest absolute Gasteiger partial charge is 0.451 e. The molecule has 1 aliphatic carbocycles. The number of nitrogens with one attached hydrogen (secondary N) is 1. The minimum absolute atomic E-state index is 0.265. The molecular weight excluding hydrogens is 334 g/mol. The zero-order chi connectivity index (χ0) is 17.8. The van der Waals surface area contributed by atoms with E-state index in [-0.39, 0.29) is 12.5 Å². The van der Waals surface area contributed by atoms with Crippen molar-refractivity contribution in [1.82, 2.24) is 0 Å². The number of para-hydroxylation sites is 1. The zero-order valence-corrected chi connectivity index (χ0v) is 15.5. The first-order valence-electron chi connectivity index (χ1n) is 8.75. The van der Waals surface area contributed by atoms with Gasteiger partial charge in [-0.1, -0.05) is 25.1 Å². The van der Waals surface area contributed by atoms with E-state index in [1.165, 1.54) is 34.6 Å². The second-order valence-electron chi connectivity index (χ2n) is 6.35. The van der Waals surface area contributed by atoms with Crippen LogP contribution >= 0.6 is 11.3 Å². The molecule has 0 radical (unpaired) electrons. The molecule has 0 bridgehead atoms. The van der Waals surface area contributed by atoms with Crippen molar-refractivity contribution in [2.75, 3.05) is 11.9 Å². The van der Waals surface area contributed by atoms with E-state index < -0.39 is 5.97 Å². The number of rotatable bonds is 5. The van der Waals surface area contributed by atoms with Crippen LogP contribution in [-0.4, -0.2) is 18.5 Å². The van der Waals surface area contributed by atoms with E-state index in [9.17, 15) is 9.59 Å². The van der Waals surface area contributed by atoms with Gasteiger partial charge in [-0.15, -0.1) is 11.3 Å². The van der Waals surface area contributed by atoms with Crippen molar-refractivity contribution in [3.8, 4) is 0 Å². The third-order valence-corrected chi connectivity index (χ3v) is 5.75. The summed E-state index contributed by atoms with van der Waals surface area (Å²) in [5.41, 5.74) is 4.16. The van der Waals surface area contributed by atoms with E-state index in [4.69, 9.17) is 4.74 Å². The molecule has 0 saturated carbocycles. The molecule has 25 heavy (non-hydrogen) atoms. The van der Waals surface area contributed by atoms with Crippen LogP contribution in [-0.2, 0) is 28.8 Å². The fourth-order valence-electron chi connectivity index (χ4n) is 3.17. The number of hydrogen-bond donors (Lipinski definition) is 1. The molecule has 1 aliphatic rings. The van der Waals surface area contributed by atoms with Crippen molar-refractivity contribution < 1.29 is 14.3 Å². The van der Waals surface area contributed by atoms with Crippen molar-refractivity contribution in [3.05, 3.63) is 50.7 Å². The zero-order valence-electron chi connectivity index (χ0n) is 14.7. The van der Waals surface area contributed by atoms with E-state index in [0.717, 1.165) is 36.1 Å². The molecule has 1 aromatic carbocycles. The third kappa shape index (κ3) is 4.10. The minimum atomic E-state index is -0.407. The van der Waals surface area contributed by atoms with Crippen LogP contribution in [0.3, 0.4) is 0 Å². The number of anilines is 1. The molecule has 4 nitrogen and oxygen atoms in total. The summed E-state index contributed by atoms with van der Waals surface area (Å²) in [7, 11) is 0. The van der Waals surface area contributed by atoms with Gasteiger partial charge >= 0.3 is 5.97 Å². The highest BCUT2D eigenvalue weighted by molar-refractivity contribution is 7.14. The lowest BCUT2D eigenvalue weighted by atomic mass is 9.99. The van der Waals surface area contributed by atoms with Gasteiger partial charge in [0.25, 0.3) is 5.91 Å². The number of carbonyl (C=O) groups is 2. The van der Waals surface area contributed by atoms with E-state index in [1.54, 1.807) is 0 Å². The van der Waals surface area contributed by atoms with Crippen LogP contribution in [0.4, 0.5) is 5.69 Å². The average molecular weight is 357 g/mol. The first-order chi connectivity index (χ1) is 12.1. The lowest BCUT2D eigenvalue weighted by molar-refractivity contribution is -0.119. The molecular formula is C20H23NO3S. The second kappa shape index (κ2) is 7.83. The van der Waals surface area contributed by atoms with E-state index >= 15 is 0 Å². The third-order valence-electron chi connectivity index (χ3n) is 4.54. The van der Waals surface area contributed by atoms with Gasteiger partial charge in [0.15, 0.2) is 6.61 Å². The SMILES string of the molecule is CCc1cccc(C)c1NC(=O)COC(=O)c1cc2c(s1)CCCC2. The topological polar surface area (TPSA) is 55.4 Å². The van der Waals surface area contributed by atoms with Crippen LogP contribution in [0.2, 0.25) is 0 Å². The predicted octanol–water partition coefficient (Wildman–Crippen LogP) is 4.29. The molecule has 1 N–H and O–H groups in total. The molecule has 0 unspecified atom stereocenters. The lowest BCUT2D eigenvalue weighted by Crippen LogP contribution is -2.21. The van der Waals surface area contributed by atoms with Crippen molar-refractivity contribution in [2.24, 2.45) is 0 Å². The van der Waals surface area contributed by atoms with Crippen LogP contribution in [0.5, 0.6) is 0 Å². The molecule has 0 saturated heterocycles. The van der Waals surface area contributed by atoms with Gasteiger partial charge in [-0.2, -0.15) is 0 Å². The van der Waals surface area contributed by atoms with E-state index in [0.29, 0.717) is 4.88 Å². The molecule has 1 aromatic heterocycles. The standard InChI is InChI=1S/C20H23NO3S/c1-3-14-9-6-7-13(2)19(14)21-18(22)12-24-20(23)17-11-15-8-4-5-10-16(15)25-17/h6-7,9,11H,3-5,8,10,12H2,1-2H3,(H,21,22). The molecule has 1 amide bonds. The highest BCUT2D eigenvalue weighted by Gasteiger charge is 2.19. The lowest BCUT2D eigenvalue weighted by Gasteiger charge is -2.12. The van der Waals surface area contributed by atoms with Gasteiger partial charge in [-0.3, -0.25) is 4.79 Å². The summed E-state index contributed by atoms with van der Waals surface area (Å²) in [6.45, 7) is 3.73. The number of ether oxygens (including phenoxy) is 1. The van der Waals surface area contributed by atoms with Crippen LogP contribution < -0.4 is 5.32 Å². The summed E-state index contributed by atoms with van der Waals surface area (Å²) < 4.78 is 5.21. The number of hydrogen-bond acceptors (Lipinski definition) is 4. The van der Waals surface area contributed by atoms with Gasteiger partial charge in [-0.25, -0.2) is 4.79 Å². The average Bonchev–Trinajstić information content (AvgIpc) is 3.05. The summed E-state index contributed by atoms with van der Waals surface area (Å²) in [4.78, 5) is 26.3. The molecule has 5 heteroatoms. The quantitative estimate of drug-likeness (QED) is 0.812. The maximum atomic E-state index is 12.2. The van der Waals surface area contributed by atoms with E-state index in [1.807, 2.05) is 38.1 Å². The van der Waals surface area contributed by atoms with Gasteiger partial charge in [0.1, 0.15) is 4.88 Å². The molecule has 2 aromatic rings. The summed E-state index contributed by atoms with van der Waals surface area (Å²) in [6, 6.07) is 7.85. The predicted molar refractivity (Wildman–Crippen MR) is 100 cm³/mol. The Morgan fingerprint density at radius 1 is 1.24 bits per heavy atom. The normalized spacial score (nSPS) is 13.2. The number of carbonyl (C=O) groups excluding carboxylic acids is 2. The maximum absolute atomic E-state index is 12.2. The van der Waals surface area contributed by atoms with Crippen molar-refractivity contribution >= 4 is 28.9 Å². The summed E-state index contributed by atoms with van der Waals surface area (Å²) in [5.74, 6) is -0.714. The Bertz CT molecular complexity index is 771. The van der Waals surface area contributed by atoms with Gasteiger partial charge in [0.2, 0.25) is 0 Å². The number of amides is 1. The van der Waals surface area contributed by atoms with Gasteiger partial charge in [0, 0.05) is 10.6 Å². The highest BCUT2D eigenvalue weighted by Crippen LogP contribution is 2.30. The van der Waals surface area contributed by atoms with Gasteiger partial charge in [-0.05, 0) is 61.8 Å². The van der Waals surface area contributed by atoms with Crippen LogP contribution in [0.25, 0.3) is 0 Å². The molecule has 0 fully saturated rings. The Kier molecular flexibility index (Phi) is 5.53. The smallest absolute Gasteiger partial charge is 0.348 e. The van der Waals surface area contributed by atoms with Gasteiger partial charge < -0.3 is 10.1 Å². The maximum Gasteiger partial charge on any atom is 0.348 e. The molecule has 132 valence electrons. The highest BCUT2D eigenvalue weighted by atomic mass is 32.1. The summed E-state index contributed by atoms with van der Waals surface area (Å²) in [6.07, 6.45) is 5.27. The Morgan fingerprint density at radius 3 is 2.80 bits per heavy atom. The first kappa shape index (κ1) is 17.7. The Hall–Kier alpha value is -2.14. The van der Waals surface area contributed by atoms with Crippen molar-refractivity contribution in [2.45, 2.75) is 46.0 Å². The van der Waals surface area contributed by atoms with Crippen LogP contribution in [0.1, 0.15) is 51.0 Å². The molecule has 3 rings (SSSR count). The summed E-state index contributed by atoms with van der Waals surface area (Å²) in [5, 5.41) is 2.87. The second-order valence-corrected chi connectivity index (χ2v) is 7.49. The minimum Gasteiger partial charge on any atom is -0.451 e. The number of esters is 1. The molecule has 1 heterocycles. The monoisotopic (exact) mass is 357 g/mol. The molecule has 0 aliphatic heterocycles. The Balaban J connectivity index is 1.59. The fraction of sp³-hybridized carbons (Fsp3) is 0.400. The Morgan fingerprint density at radius 2 is 2.04 bits per heavy atom. The fourth-order valence-corrected chi connectivity index (χ4v) is 4.32.